The summed E-state index contributed by atoms with van der Waals surface area (Å²) in [6, 6.07) is 2.87. The normalized spacial score (nSPS) is 24.2. The maximum Gasteiger partial charge on any atom is 0.0594 e. The third-order valence-corrected chi connectivity index (χ3v) is 6.14. The average Bonchev–Trinajstić information content (AvgIpc) is 3.21. The molecule has 1 N–H and O–H groups in total. The molecule has 0 amide bonds. The number of nitrogens with zero attached hydrogens (tertiary/aromatic N) is 1. The van der Waals surface area contributed by atoms with E-state index in [1.165, 1.54) is 44.1 Å². The molecule has 2 aliphatic rings. The average molecular weight is 308 g/mol. The highest BCUT2D eigenvalue weighted by Crippen LogP contribution is 2.40. The molecule has 4 heteroatoms. The fraction of sp³-hybridized carbons (Fsp3) is 0.765. The molecular weight excluding hydrogens is 280 g/mol. The maximum absolute atomic E-state index is 5.58. The van der Waals surface area contributed by atoms with Crippen LogP contribution in [0.2, 0.25) is 0 Å². The van der Waals surface area contributed by atoms with Gasteiger partial charge in [0.15, 0.2) is 0 Å². The number of morpholine rings is 1. The molecule has 1 aliphatic carbocycles. The molecular formula is C17H28N2OS. The molecule has 1 atom stereocenters. The van der Waals surface area contributed by atoms with E-state index in [9.17, 15) is 0 Å². The Hall–Kier alpha value is -0.420. The van der Waals surface area contributed by atoms with Gasteiger partial charge < -0.3 is 10.1 Å². The lowest BCUT2D eigenvalue weighted by Gasteiger charge is -2.48. The van der Waals surface area contributed by atoms with Crippen LogP contribution in [0.3, 0.4) is 0 Å². The monoisotopic (exact) mass is 308 g/mol. The summed E-state index contributed by atoms with van der Waals surface area (Å²) in [7, 11) is 2.15. The van der Waals surface area contributed by atoms with Crippen molar-refractivity contribution in [3.8, 4) is 0 Å². The summed E-state index contributed by atoms with van der Waals surface area (Å²) in [5, 5.41) is 8.15. The highest BCUT2D eigenvalue weighted by atomic mass is 32.1. The Balaban J connectivity index is 1.70. The molecule has 21 heavy (non-hydrogen) atoms. The zero-order chi connectivity index (χ0) is 14.5. The standard InChI is InChI=1S/C17H28N2OS/c1-18-16(5-4-15-6-13-21-14-15)17(7-2-3-8-17)19-9-11-20-12-10-19/h6,13-14,16,18H,2-5,7-12H2,1H3. The van der Waals surface area contributed by atoms with Gasteiger partial charge in [0.25, 0.3) is 0 Å². The van der Waals surface area contributed by atoms with Gasteiger partial charge in [-0.25, -0.2) is 0 Å². The first-order chi connectivity index (χ1) is 10.3. The van der Waals surface area contributed by atoms with Crippen LogP contribution in [0, 0.1) is 0 Å². The van der Waals surface area contributed by atoms with Gasteiger partial charge >= 0.3 is 0 Å². The van der Waals surface area contributed by atoms with E-state index in [-0.39, 0.29) is 0 Å². The summed E-state index contributed by atoms with van der Waals surface area (Å²) < 4.78 is 5.58. The van der Waals surface area contributed by atoms with E-state index in [0.717, 1.165) is 26.3 Å². The summed E-state index contributed by atoms with van der Waals surface area (Å²) in [5.74, 6) is 0. The third-order valence-electron chi connectivity index (χ3n) is 5.41. The molecule has 1 saturated heterocycles. The fourth-order valence-corrected chi connectivity index (χ4v) is 5.01. The van der Waals surface area contributed by atoms with Crippen LogP contribution in [-0.2, 0) is 11.2 Å². The van der Waals surface area contributed by atoms with Crippen molar-refractivity contribution in [2.75, 3.05) is 33.4 Å². The predicted octanol–water partition coefficient (Wildman–Crippen LogP) is 2.91. The first kappa shape index (κ1) is 15.5. The summed E-state index contributed by atoms with van der Waals surface area (Å²) in [6.45, 7) is 4.03. The molecule has 0 radical (unpaired) electrons. The predicted molar refractivity (Wildman–Crippen MR) is 89.1 cm³/mol. The fourth-order valence-electron chi connectivity index (χ4n) is 4.31. The number of hydrogen-bond donors (Lipinski definition) is 1. The van der Waals surface area contributed by atoms with Crippen LogP contribution in [0.15, 0.2) is 16.8 Å². The molecule has 1 aliphatic heterocycles. The van der Waals surface area contributed by atoms with Gasteiger partial charge in [0.1, 0.15) is 0 Å². The Labute approximate surface area is 132 Å². The third kappa shape index (κ3) is 3.34. The lowest BCUT2D eigenvalue weighted by molar-refractivity contribution is -0.0358. The number of thiophene rings is 1. The van der Waals surface area contributed by atoms with Gasteiger partial charge in [-0.15, -0.1) is 0 Å². The molecule has 3 rings (SSSR count). The number of nitrogens with one attached hydrogen (secondary N) is 1. The van der Waals surface area contributed by atoms with E-state index in [1.807, 2.05) is 11.3 Å². The Kier molecular flexibility index (Phi) is 5.33. The van der Waals surface area contributed by atoms with Gasteiger partial charge in [0.05, 0.1) is 13.2 Å². The van der Waals surface area contributed by atoms with Crippen molar-refractivity contribution in [3.63, 3.8) is 0 Å². The summed E-state index contributed by atoms with van der Waals surface area (Å²) >= 11 is 1.81. The van der Waals surface area contributed by atoms with E-state index in [0.29, 0.717) is 11.6 Å². The minimum Gasteiger partial charge on any atom is -0.379 e. The Morgan fingerprint density at radius 2 is 2.10 bits per heavy atom. The topological polar surface area (TPSA) is 24.5 Å². The van der Waals surface area contributed by atoms with Crippen LogP contribution in [0.4, 0.5) is 0 Å². The van der Waals surface area contributed by atoms with Crippen LogP contribution in [0.1, 0.15) is 37.7 Å². The molecule has 0 aromatic carbocycles. The van der Waals surface area contributed by atoms with Gasteiger partial charge in [0.2, 0.25) is 0 Å². The van der Waals surface area contributed by atoms with Crippen molar-refractivity contribution >= 4 is 11.3 Å². The summed E-state index contributed by atoms with van der Waals surface area (Å²) in [5.41, 5.74) is 1.87. The lowest BCUT2D eigenvalue weighted by atomic mass is 9.82. The molecule has 0 bridgehead atoms. The Bertz CT molecular complexity index is 408. The Morgan fingerprint density at radius 1 is 1.33 bits per heavy atom. The summed E-state index contributed by atoms with van der Waals surface area (Å²) in [6.07, 6.45) is 7.90. The molecule has 2 heterocycles. The zero-order valence-corrected chi connectivity index (χ0v) is 14.0. The van der Waals surface area contributed by atoms with Crippen LogP contribution in [-0.4, -0.2) is 49.8 Å². The van der Waals surface area contributed by atoms with Crippen LogP contribution < -0.4 is 5.32 Å². The van der Waals surface area contributed by atoms with E-state index in [4.69, 9.17) is 4.74 Å². The SMILES string of the molecule is CNC(CCc1ccsc1)C1(N2CCOCC2)CCCC1. The number of rotatable bonds is 6. The lowest BCUT2D eigenvalue weighted by Crippen LogP contribution is -2.62. The molecule has 1 saturated carbocycles. The quantitative estimate of drug-likeness (QED) is 0.874. The van der Waals surface area contributed by atoms with Crippen molar-refractivity contribution < 1.29 is 4.74 Å². The van der Waals surface area contributed by atoms with E-state index in [1.54, 1.807) is 0 Å². The molecule has 1 aromatic heterocycles. The number of aryl methyl sites for hydroxylation is 1. The van der Waals surface area contributed by atoms with E-state index < -0.39 is 0 Å². The highest BCUT2D eigenvalue weighted by Gasteiger charge is 2.45. The molecule has 3 nitrogen and oxygen atoms in total. The van der Waals surface area contributed by atoms with Crippen molar-refractivity contribution in [1.82, 2.24) is 10.2 Å². The molecule has 118 valence electrons. The van der Waals surface area contributed by atoms with Gasteiger partial charge in [-0.3, -0.25) is 4.90 Å². The number of hydrogen-bond acceptors (Lipinski definition) is 4. The second-order valence-corrected chi connectivity index (χ2v) is 7.20. The molecule has 1 aromatic rings. The van der Waals surface area contributed by atoms with Gasteiger partial charge in [-0.05, 0) is 55.1 Å². The van der Waals surface area contributed by atoms with Crippen molar-refractivity contribution in [1.29, 1.82) is 0 Å². The van der Waals surface area contributed by atoms with Crippen LogP contribution in [0.25, 0.3) is 0 Å². The van der Waals surface area contributed by atoms with Gasteiger partial charge in [-0.1, -0.05) is 12.8 Å². The van der Waals surface area contributed by atoms with Gasteiger partial charge in [-0.2, -0.15) is 11.3 Å². The first-order valence-corrected chi connectivity index (χ1v) is 9.30. The van der Waals surface area contributed by atoms with Crippen molar-refractivity contribution in [2.45, 2.75) is 50.1 Å². The number of likely N-dealkylation sites (N-methyl/N-ethyl adjacent to an activating group) is 1. The highest BCUT2D eigenvalue weighted by molar-refractivity contribution is 7.07. The minimum absolute atomic E-state index is 0.370. The zero-order valence-electron chi connectivity index (χ0n) is 13.1. The van der Waals surface area contributed by atoms with Crippen LogP contribution in [0.5, 0.6) is 0 Å². The second-order valence-electron chi connectivity index (χ2n) is 6.42. The van der Waals surface area contributed by atoms with E-state index >= 15 is 0 Å². The second kappa shape index (κ2) is 7.23. The van der Waals surface area contributed by atoms with Crippen molar-refractivity contribution in [2.24, 2.45) is 0 Å². The maximum atomic E-state index is 5.58. The Morgan fingerprint density at radius 3 is 2.71 bits per heavy atom. The van der Waals surface area contributed by atoms with Gasteiger partial charge in [0, 0.05) is 24.7 Å². The molecule has 0 spiro atoms. The van der Waals surface area contributed by atoms with Crippen LogP contribution >= 0.6 is 11.3 Å². The molecule has 2 fully saturated rings. The largest absolute Gasteiger partial charge is 0.379 e. The van der Waals surface area contributed by atoms with E-state index in [2.05, 4.69) is 34.1 Å². The minimum atomic E-state index is 0.370. The summed E-state index contributed by atoms with van der Waals surface area (Å²) in [4.78, 5) is 2.73. The first-order valence-electron chi connectivity index (χ1n) is 8.36. The number of ether oxygens (including phenoxy) is 1. The molecule has 1 unspecified atom stereocenters. The smallest absolute Gasteiger partial charge is 0.0594 e. The van der Waals surface area contributed by atoms with Crippen molar-refractivity contribution in [3.05, 3.63) is 22.4 Å².